The number of benzene rings is 3. The molecule has 0 spiro atoms. The Hall–Kier alpha value is -3.07. The predicted molar refractivity (Wildman–Crippen MR) is 123 cm³/mol. The molecule has 0 bridgehead atoms. The van der Waals surface area contributed by atoms with Crippen LogP contribution in [0.2, 0.25) is 0 Å². The molecule has 0 unspecified atom stereocenters. The van der Waals surface area contributed by atoms with E-state index in [1.54, 1.807) is 18.2 Å². The molecule has 0 saturated carbocycles. The van der Waals surface area contributed by atoms with E-state index >= 15 is 0 Å². The standard InChI is InChI=1S/C22H18O3.2C2H6/c1-3-14-4-7-17(13(2)10-14)22-18-8-5-15(23)11-20(18)25-21-12-16(24)6-9-19(21)22;2*1-2/h4-12,23H,3H2,1-2H3;2*1-2H3. The normalized spacial score (nSPS) is 10.1. The number of phenolic OH excluding ortho intramolecular Hbond substituents is 1. The van der Waals surface area contributed by atoms with Crippen molar-refractivity contribution in [3.05, 3.63) is 75.9 Å². The number of fused-ring (bicyclic) bond motifs is 2. The fourth-order valence-electron chi connectivity index (χ4n) is 3.38. The maximum Gasteiger partial charge on any atom is 0.182 e. The molecule has 1 aliphatic carbocycles. The second-order valence-corrected chi connectivity index (χ2v) is 6.32. The van der Waals surface area contributed by atoms with Crippen LogP contribution in [0.15, 0.2) is 63.8 Å². The Kier molecular flexibility index (Phi) is 7.60. The van der Waals surface area contributed by atoms with Crippen LogP contribution in [-0.4, -0.2) is 5.11 Å². The maximum atomic E-state index is 11.8. The van der Waals surface area contributed by atoms with Crippen LogP contribution in [-0.2, 0) is 6.42 Å². The summed E-state index contributed by atoms with van der Waals surface area (Å²) in [5.41, 5.74) is 5.95. The van der Waals surface area contributed by atoms with Crippen molar-refractivity contribution in [1.29, 1.82) is 0 Å². The molecule has 0 aromatic heterocycles. The molecule has 1 heterocycles. The molecule has 29 heavy (non-hydrogen) atoms. The van der Waals surface area contributed by atoms with Gasteiger partial charge in [-0.05, 0) is 54.3 Å². The summed E-state index contributed by atoms with van der Waals surface area (Å²) < 4.78 is 5.89. The van der Waals surface area contributed by atoms with Crippen molar-refractivity contribution >= 4 is 11.0 Å². The lowest BCUT2D eigenvalue weighted by atomic mass is 9.90. The van der Waals surface area contributed by atoms with Crippen molar-refractivity contribution < 1.29 is 9.52 Å². The van der Waals surface area contributed by atoms with Crippen molar-refractivity contribution in [2.24, 2.45) is 0 Å². The first-order chi connectivity index (χ1) is 14.1. The van der Waals surface area contributed by atoms with E-state index in [4.69, 9.17) is 4.42 Å². The molecule has 0 saturated heterocycles. The molecule has 0 atom stereocenters. The molecule has 0 fully saturated rings. The molecule has 4 rings (SSSR count). The average Bonchev–Trinajstić information content (AvgIpc) is 2.75. The Balaban J connectivity index is 0.000000707. The molecule has 3 heteroatoms. The molecule has 2 aromatic rings. The lowest BCUT2D eigenvalue weighted by Crippen LogP contribution is -2.00. The van der Waals surface area contributed by atoms with Gasteiger partial charge in [0.25, 0.3) is 0 Å². The smallest absolute Gasteiger partial charge is 0.182 e. The van der Waals surface area contributed by atoms with Crippen molar-refractivity contribution in [2.75, 3.05) is 0 Å². The van der Waals surface area contributed by atoms with E-state index in [2.05, 4.69) is 32.0 Å². The average molecular weight is 391 g/mol. The monoisotopic (exact) mass is 390 g/mol. The molecular formula is C26H30O3. The van der Waals surface area contributed by atoms with Crippen LogP contribution in [0.3, 0.4) is 0 Å². The van der Waals surface area contributed by atoms with Gasteiger partial charge in [-0.25, -0.2) is 0 Å². The van der Waals surface area contributed by atoms with Crippen LogP contribution < -0.4 is 5.43 Å². The van der Waals surface area contributed by atoms with Gasteiger partial charge in [-0.15, -0.1) is 0 Å². The summed E-state index contributed by atoms with van der Waals surface area (Å²) in [6, 6.07) is 16.4. The molecular weight excluding hydrogens is 360 g/mol. The predicted octanol–water partition coefficient (Wildman–Crippen LogP) is 7.19. The summed E-state index contributed by atoms with van der Waals surface area (Å²) in [6.45, 7) is 12.2. The summed E-state index contributed by atoms with van der Waals surface area (Å²) in [7, 11) is 0. The van der Waals surface area contributed by atoms with Gasteiger partial charge in [0.1, 0.15) is 17.1 Å². The minimum Gasteiger partial charge on any atom is -0.508 e. The van der Waals surface area contributed by atoms with Crippen LogP contribution >= 0.6 is 0 Å². The highest BCUT2D eigenvalue weighted by Gasteiger charge is 2.18. The van der Waals surface area contributed by atoms with Crippen LogP contribution in [0, 0.1) is 6.92 Å². The Morgan fingerprint density at radius 1 is 0.862 bits per heavy atom. The highest BCUT2D eigenvalue weighted by molar-refractivity contribution is 6.02. The third-order valence-electron chi connectivity index (χ3n) is 4.65. The van der Waals surface area contributed by atoms with Crippen molar-refractivity contribution in [3.8, 4) is 28.2 Å². The van der Waals surface area contributed by atoms with E-state index in [1.807, 2.05) is 39.8 Å². The van der Waals surface area contributed by atoms with Crippen LogP contribution in [0.25, 0.3) is 33.4 Å². The van der Waals surface area contributed by atoms with Gasteiger partial charge in [-0.2, -0.15) is 0 Å². The lowest BCUT2D eigenvalue weighted by Gasteiger charge is -2.17. The number of hydrogen-bond acceptors (Lipinski definition) is 3. The van der Waals surface area contributed by atoms with E-state index in [1.165, 1.54) is 17.2 Å². The van der Waals surface area contributed by atoms with Crippen LogP contribution in [0.1, 0.15) is 45.7 Å². The fourth-order valence-corrected chi connectivity index (χ4v) is 3.38. The Labute approximate surface area is 173 Å². The number of phenols is 1. The number of aryl methyl sites for hydroxylation is 2. The molecule has 0 radical (unpaired) electrons. The van der Waals surface area contributed by atoms with Crippen LogP contribution in [0.5, 0.6) is 5.75 Å². The zero-order valence-electron chi connectivity index (χ0n) is 18.2. The molecule has 2 aliphatic rings. The molecule has 0 amide bonds. The van der Waals surface area contributed by atoms with Gasteiger partial charge in [-0.1, -0.05) is 52.8 Å². The molecule has 152 valence electrons. The first-order valence-corrected chi connectivity index (χ1v) is 10.4. The molecule has 2 aromatic carbocycles. The Morgan fingerprint density at radius 2 is 1.55 bits per heavy atom. The molecule has 1 N–H and O–H groups in total. The van der Waals surface area contributed by atoms with Gasteiger partial charge in [0.05, 0.1) is 0 Å². The maximum absolute atomic E-state index is 11.8. The summed E-state index contributed by atoms with van der Waals surface area (Å²) in [6.07, 6.45) is 0.986. The number of aromatic hydroxyl groups is 1. The lowest BCUT2D eigenvalue weighted by molar-refractivity contribution is 0.474. The van der Waals surface area contributed by atoms with Gasteiger partial charge < -0.3 is 9.52 Å². The van der Waals surface area contributed by atoms with Crippen molar-refractivity contribution in [2.45, 2.75) is 48.0 Å². The quantitative estimate of drug-likeness (QED) is 0.368. The van der Waals surface area contributed by atoms with E-state index in [9.17, 15) is 9.90 Å². The number of hydrogen-bond donors (Lipinski definition) is 1. The van der Waals surface area contributed by atoms with E-state index < -0.39 is 0 Å². The molecule has 1 aliphatic heterocycles. The summed E-state index contributed by atoms with van der Waals surface area (Å²) >= 11 is 0. The van der Waals surface area contributed by atoms with Crippen molar-refractivity contribution in [3.63, 3.8) is 0 Å². The molecule has 3 nitrogen and oxygen atoms in total. The van der Waals surface area contributed by atoms with Crippen molar-refractivity contribution in [1.82, 2.24) is 0 Å². The summed E-state index contributed by atoms with van der Waals surface area (Å²) in [5.74, 6) is 0.664. The fraction of sp³-hybridized carbons (Fsp3) is 0.269. The zero-order valence-corrected chi connectivity index (χ0v) is 18.2. The highest BCUT2D eigenvalue weighted by Crippen LogP contribution is 2.41. The first-order valence-electron chi connectivity index (χ1n) is 10.4. The third kappa shape index (κ3) is 4.51. The number of rotatable bonds is 2. The summed E-state index contributed by atoms with van der Waals surface area (Å²) in [4.78, 5) is 11.8. The van der Waals surface area contributed by atoms with Gasteiger partial charge >= 0.3 is 0 Å². The SMILES string of the molecule is CC.CC.CCc1ccc(-c2c3ccc(=O)cc-3oc3cc(O)ccc23)c(C)c1. The van der Waals surface area contributed by atoms with Gasteiger partial charge in [-0.3, -0.25) is 4.79 Å². The van der Waals surface area contributed by atoms with Gasteiger partial charge in [0, 0.05) is 28.6 Å². The first kappa shape index (κ1) is 22.2. The highest BCUT2D eigenvalue weighted by atomic mass is 16.3. The topological polar surface area (TPSA) is 50.4 Å². The summed E-state index contributed by atoms with van der Waals surface area (Å²) in [5, 5.41) is 10.7. The van der Waals surface area contributed by atoms with Gasteiger partial charge in [0.15, 0.2) is 5.43 Å². The largest absolute Gasteiger partial charge is 0.508 e. The van der Waals surface area contributed by atoms with Crippen LogP contribution in [0.4, 0.5) is 0 Å². The Bertz CT molecular complexity index is 1120. The minimum absolute atomic E-state index is 0.0974. The Morgan fingerprint density at radius 3 is 2.21 bits per heavy atom. The van der Waals surface area contributed by atoms with E-state index in [0.717, 1.165) is 28.5 Å². The third-order valence-corrected chi connectivity index (χ3v) is 4.65. The zero-order chi connectivity index (χ0) is 21.6. The van der Waals surface area contributed by atoms with E-state index in [-0.39, 0.29) is 11.2 Å². The minimum atomic E-state index is -0.0974. The second-order valence-electron chi connectivity index (χ2n) is 6.32. The van der Waals surface area contributed by atoms with E-state index in [0.29, 0.717) is 11.3 Å². The van der Waals surface area contributed by atoms with Gasteiger partial charge in [0.2, 0.25) is 0 Å². The second kappa shape index (κ2) is 9.92.